The number of aliphatic hydroxyl groups is 1. The highest BCUT2D eigenvalue weighted by molar-refractivity contribution is 7.90. The van der Waals surface area contributed by atoms with E-state index >= 15 is 0 Å². The van der Waals surface area contributed by atoms with Gasteiger partial charge in [0.2, 0.25) is 0 Å². The SMILES string of the molecule is CCC(C)(O)Cn1cc(S(C)(=O)=O)cn1. The number of nitrogens with zero attached hydrogens (tertiary/aromatic N) is 2. The molecule has 0 aliphatic rings. The van der Waals surface area contributed by atoms with Gasteiger partial charge in [0, 0.05) is 12.5 Å². The maximum absolute atomic E-state index is 11.2. The van der Waals surface area contributed by atoms with Gasteiger partial charge in [-0.15, -0.1) is 0 Å². The highest BCUT2D eigenvalue weighted by Crippen LogP contribution is 2.13. The smallest absolute Gasteiger partial charge is 0.178 e. The summed E-state index contributed by atoms with van der Waals surface area (Å²) in [7, 11) is -3.21. The molecule has 15 heavy (non-hydrogen) atoms. The Balaban J connectivity index is 2.87. The first kappa shape index (κ1) is 12.2. The van der Waals surface area contributed by atoms with E-state index in [1.54, 1.807) is 6.92 Å². The largest absolute Gasteiger partial charge is 0.388 e. The first-order valence-electron chi connectivity index (χ1n) is 4.69. The van der Waals surface area contributed by atoms with Gasteiger partial charge in [0.1, 0.15) is 4.90 Å². The van der Waals surface area contributed by atoms with E-state index in [2.05, 4.69) is 5.10 Å². The standard InChI is InChI=1S/C9H16N2O3S/c1-4-9(2,12)7-11-6-8(5-10-11)15(3,13)14/h5-6,12H,4,7H2,1-3H3. The molecular formula is C9H16N2O3S. The minimum absolute atomic E-state index is 0.175. The van der Waals surface area contributed by atoms with Crippen LogP contribution in [0, 0.1) is 0 Å². The second-order valence-electron chi connectivity index (χ2n) is 4.00. The fourth-order valence-electron chi connectivity index (χ4n) is 1.08. The van der Waals surface area contributed by atoms with E-state index in [-0.39, 0.29) is 4.90 Å². The zero-order valence-electron chi connectivity index (χ0n) is 9.14. The van der Waals surface area contributed by atoms with Crippen LogP contribution in [0.5, 0.6) is 0 Å². The van der Waals surface area contributed by atoms with Crippen molar-refractivity contribution in [3.63, 3.8) is 0 Å². The Morgan fingerprint density at radius 1 is 1.60 bits per heavy atom. The number of hydrogen-bond donors (Lipinski definition) is 1. The maximum Gasteiger partial charge on any atom is 0.178 e. The van der Waals surface area contributed by atoms with E-state index in [4.69, 9.17) is 0 Å². The Morgan fingerprint density at radius 2 is 2.20 bits per heavy atom. The van der Waals surface area contributed by atoms with Gasteiger partial charge in [0.25, 0.3) is 0 Å². The van der Waals surface area contributed by atoms with Crippen LogP contribution in [-0.2, 0) is 16.4 Å². The molecule has 0 aromatic carbocycles. The normalized spacial score (nSPS) is 16.3. The van der Waals surface area contributed by atoms with Crippen LogP contribution in [0.3, 0.4) is 0 Å². The Bertz CT molecular complexity index is 434. The molecule has 5 nitrogen and oxygen atoms in total. The first-order valence-corrected chi connectivity index (χ1v) is 6.58. The summed E-state index contributed by atoms with van der Waals surface area (Å²) in [5, 5.41) is 13.7. The molecule has 1 aromatic rings. The average molecular weight is 232 g/mol. The fourth-order valence-corrected chi connectivity index (χ4v) is 1.64. The summed E-state index contributed by atoms with van der Waals surface area (Å²) < 4.78 is 23.8. The van der Waals surface area contributed by atoms with Crippen LogP contribution in [0.15, 0.2) is 17.3 Å². The van der Waals surface area contributed by atoms with E-state index in [0.29, 0.717) is 13.0 Å². The third kappa shape index (κ3) is 3.32. The molecule has 0 aliphatic heterocycles. The van der Waals surface area contributed by atoms with Crippen molar-refractivity contribution in [2.45, 2.75) is 37.3 Å². The highest BCUT2D eigenvalue weighted by atomic mass is 32.2. The summed E-state index contributed by atoms with van der Waals surface area (Å²) in [5.41, 5.74) is -0.860. The summed E-state index contributed by atoms with van der Waals surface area (Å²) in [5.74, 6) is 0. The number of sulfone groups is 1. The molecule has 0 spiro atoms. The van der Waals surface area contributed by atoms with Crippen molar-refractivity contribution in [1.82, 2.24) is 9.78 Å². The number of aromatic nitrogens is 2. The number of rotatable bonds is 4. The van der Waals surface area contributed by atoms with E-state index in [0.717, 1.165) is 6.26 Å². The van der Waals surface area contributed by atoms with Gasteiger partial charge in [0.15, 0.2) is 9.84 Å². The van der Waals surface area contributed by atoms with E-state index in [9.17, 15) is 13.5 Å². The lowest BCUT2D eigenvalue weighted by Crippen LogP contribution is -2.29. The predicted octanol–water partition coefficient (Wildman–Crippen LogP) is 0.448. The van der Waals surface area contributed by atoms with Crippen LogP contribution < -0.4 is 0 Å². The van der Waals surface area contributed by atoms with E-state index in [1.807, 2.05) is 6.92 Å². The third-order valence-electron chi connectivity index (χ3n) is 2.30. The summed E-state index contributed by atoms with van der Waals surface area (Å²) in [6.45, 7) is 3.84. The summed E-state index contributed by atoms with van der Waals surface area (Å²) >= 11 is 0. The van der Waals surface area contributed by atoms with Gasteiger partial charge in [-0.1, -0.05) is 6.92 Å². The van der Waals surface area contributed by atoms with Crippen LogP contribution in [0.4, 0.5) is 0 Å². The minimum Gasteiger partial charge on any atom is -0.388 e. The Labute approximate surface area is 89.6 Å². The Kier molecular flexibility index (Phi) is 3.20. The molecule has 6 heteroatoms. The van der Waals surface area contributed by atoms with Crippen LogP contribution >= 0.6 is 0 Å². The van der Waals surface area contributed by atoms with Crippen molar-refractivity contribution in [2.24, 2.45) is 0 Å². The minimum atomic E-state index is -3.21. The van der Waals surface area contributed by atoms with Crippen LogP contribution in [0.1, 0.15) is 20.3 Å². The molecule has 0 saturated carbocycles. The molecule has 0 saturated heterocycles. The van der Waals surface area contributed by atoms with Gasteiger partial charge < -0.3 is 5.11 Å². The van der Waals surface area contributed by atoms with Crippen molar-refractivity contribution in [3.05, 3.63) is 12.4 Å². The Hall–Kier alpha value is -0.880. The van der Waals surface area contributed by atoms with Gasteiger partial charge >= 0.3 is 0 Å². The molecule has 0 aliphatic carbocycles. The van der Waals surface area contributed by atoms with Crippen molar-refractivity contribution in [1.29, 1.82) is 0 Å². The van der Waals surface area contributed by atoms with Gasteiger partial charge in [-0.2, -0.15) is 5.10 Å². The lowest BCUT2D eigenvalue weighted by Gasteiger charge is -2.20. The highest BCUT2D eigenvalue weighted by Gasteiger charge is 2.19. The molecular weight excluding hydrogens is 216 g/mol. The fraction of sp³-hybridized carbons (Fsp3) is 0.667. The molecule has 0 amide bonds. The lowest BCUT2D eigenvalue weighted by molar-refractivity contribution is 0.0344. The van der Waals surface area contributed by atoms with Crippen LogP contribution in [0.25, 0.3) is 0 Å². The molecule has 1 unspecified atom stereocenters. The van der Waals surface area contributed by atoms with E-state index in [1.165, 1.54) is 17.1 Å². The second-order valence-corrected chi connectivity index (χ2v) is 6.01. The van der Waals surface area contributed by atoms with Gasteiger partial charge in [-0.3, -0.25) is 4.68 Å². The molecule has 1 atom stereocenters. The van der Waals surface area contributed by atoms with Crippen molar-refractivity contribution >= 4 is 9.84 Å². The van der Waals surface area contributed by atoms with Crippen LogP contribution in [-0.4, -0.2) is 35.2 Å². The van der Waals surface area contributed by atoms with Crippen molar-refractivity contribution in [2.75, 3.05) is 6.26 Å². The average Bonchev–Trinajstić information content (AvgIpc) is 2.51. The molecule has 0 bridgehead atoms. The van der Waals surface area contributed by atoms with Crippen molar-refractivity contribution in [3.8, 4) is 0 Å². The zero-order chi connectivity index (χ0) is 11.7. The van der Waals surface area contributed by atoms with Gasteiger partial charge in [-0.25, -0.2) is 8.42 Å². The summed E-state index contributed by atoms with van der Waals surface area (Å²) in [6, 6.07) is 0. The molecule has 1 rings (SSSR count). The lowest BCUT2D eigenvalue weighted by atomic mass is 10.0. The second kappa shape index (κ2) is 3.94. The molecule has 1 heterocycles. The van der Waals surface area contributed by atoms with Gasteiger partial charge in [0.05, 0.1) is 18.3 Å². The molecule has 0 fully saturated rings. The Morgan fingerprint density at radius 3 is 2.60 bits per heavy atom. The molecule has 1 N–H and O–H groups in total. The molecule has 86 valence electrons. The number of hydrogen-bond acceptors (Lipinski definition) is 4. The monoisotopic (exact) mass is 232 g/mol. The van der Waals surface area contributed by atoms with Gasteiger partial charge in [-0.05, 0) is 13.3 Å². The topological polar surface area (TPSA) is 72.2 Å². The summed E-state index contributed by atoms with van der Waals surface area (Å²) in [4.78, 5) is 0.175. The first-order chi connectivity index (χ1) is 6.74. The van der Waals surface area contributed by atoms with Crippen molar-refractivity contribution < 1.29 is 13.5 Å². The maximum atomic E-state index is 11.2. The zero-order valence-corrected chi connectivity index (χ0v) is 9.95. The van der Waals surface area contributed by atoms with E-state index < -0.39 is 15.4 Å². The molecule has 0 radical (unpaired) electrons. The third-order valence-corrected chi connectivity index (χ3v) is 3.37. The van der Waals surface area contributed by atoms with Crippen LogP contribution in [0.2, 0.25) is 0 Å². The quantitative estimate of drug-likeness (QED) is 0.818. The predicted molar refractivity (Wildman–Crippen MR) is 56.3 cm³/mol. The molecule has 1 aromatic heterocycles. The summed E-state index contributed by atoms with van der Waals surface area (Å²) in [6.07, 6.45) is 4.44.